The number of nitrogens with zero attached hydrogens (tertiary/aromatic N) is 7. The fraction of sp³-hybridized carbons (Fsp3) is 0.400. The average Bonchev–Trinajstić information content (AvgIpc) is 3.55. The summed E-state index contributed by atoms with van der Waals surface area (Å²) in [5, 5.41) is 19.1. The summed E-state index contributed by atoms with van der Waals surface area (Å²) in [5.41, 5.74) is -0.581. The minimum Gasteiger partial charge on any atom is -0.462 e. The van der Waals surface area contributed by atoms with Gasteiger partial charge in [0.15, 0.2) is 5.82 Å². The molecule has 3 aromatic heterocycles. The van der Waals surface area contributed by atoms with Gasteiger partial charge in [0.25, 0.3) is 17.6 Å². The van der Waals surface area contributed by atoms with Crippen molar-refractivity contribution in [2.24, 2.45) is 5.92 Å². The minimum absolute atomic E-state index is 0.0346. The van der Waals surface area contributed by atoms with Crippen LogP contribution in [-0.2, 0) is 17.2 Å². The summed E-state index contributed by atoms with van der Waals surface area (Å²) >= 11 is 6.33. The number of nitrogens with one attached hydrogen (secondary N) is 2. The Morgan fingerprint density at radius 1 is 1.04 bits per heavy atom. The number of pyridine rings is 1. The van der Waals surface area contributed by atoms with E-state index in [0.717, 1.165) is 17.5 Å². The Bertz CT molecular complexity index is 1920. The zero-order valence-corrected chi connectivity index (χ0v) is 27.2. The van der Waals surface area contributed by atoms with Crippen LogP contribution in [0.4, 0.5) is 27.6 Å². The van der Waals surface area contributed by atoms with E-state index in [1.807, 2.05) is 0 Å². The molecule has 1 saturated carbocycles. The van der Waals surface area contributed by atoms with Gasteiger partial charge in [0.2, 0.25) is 0 Å². The number of aromatic nitrogens is 7. The first-order valence-electron chi connectivity index (χ1n) is 14.7. The van der Waals surface area contributed by atoms with E-state index in [1.165, 1.54) is 36.5 Å². The Morgan fingerprint density at radius 3 is 2.39 bits per heavy atom. The molecule has 0 bridgehead atoms. The molecule has 13 nitrogen and oxygen atoms in total. The number of alkyl halides is 5. The van der Waals surface area contributed by atoms with Gasteiger partial charge in [-0.2, -0.15) is 31.8 Å². The molecule has 0 unspecified atom stereocenters. The van der Waals surface area contributed by atoms with Gasteiger partial charge in [-0.1, -0.05) is 11.6 Å². The number of hydrogen-bond donors (Lipinski definition) is 2. The highest BCUT2D eigenvalue weighted by Crippen LogP contribution is 2.42. The second-order valence-electron chi connectivity index (χ2n) is 12.4. The number of hydrogen-bond acceptors (Lipinski definition) is 9. The molecule has 49 heavy (non-hydrogen) atoms. The van der Waals surface area contributed by atoms with Crippen molar-refractivity contribution in [3.05, 3.63) is 75.5 Å². The van der Waals surface area contributed by atoms with Crippen LogP contribution in [0.1, 0.15) is 81.9 Å². The SMILES string of the molecule is Cc1cc(C(=O)OCC2CC2)cc(C(=O)NC(C)(C)C)c1NC(=O)c1cc(Cn2nnc(C(F)(F)C(F)(F)F)n2)nn1-c1ncccc1Cl. The topological polar surface area (TPSA) is 159 Å². The third-order valence-corrected chi connectivity index (χ3v) is 7.31. The quantitative estimate of drug-likeness (QED) is 0.165. The lowest BCUT2D eigenvalue weighted by atomic mass is 10.0. The second-order valence-corrected chi connectivity index (χ2v) is 12.8. The molecule has 0 radical (unpaired) electrons. The molecular weight excluding hydrogens is 681 g/mol. The number of carbonyl (C=O) groups is 3. The Morgan fingerprint density at radius 2 is 1.76 bits per heavy atom. The summed E-state index contributed by atoms with van der Waals surface area (Å²) < 4.78 is 72.4. The third-order valence-electron chi connectivity index (χ3n) is 7.02. The Balaban J connectivity index is 1.51. The van der Waals surface area contributed by atoms with Gasteiger partial charge < -0.3 is 15.4 Å². The van der Waals surface area contributed by atoms with Crippen LogP contribution >= 0.6 is 11.6 Å². The zero-order valence-electron chi connectivity index (χ0n) is 26.4. The molecule has 2 amide bonds. The van der Waals surface area contributed by atoms with Crippen LogP contribution in [0, 0.1) is 12.8 Å². The maximum atomic E-state index is 13.9. The summed E-state index contributed by atoms with van der Waals surface area (Å²) in [6.45, 7) is 6.48. The Kier molecular flexibility index (Phi) is 9.46. The van der Waals surface area contributed by atoms with E-state index in [2.05, 4.69) is 36.1 Å². The highest BCUT2D eigenvalue weighted by Gasteiger charge is 2.62. The molecule has 5 rings (SSSR count). The molecule has 3 heterocycles. The first-order chi connectivity index (χ1) is 22.8. The fourth-order valence-electron chi connectivity index (χ4n) is 4.47. The minimum atomic E-state index is -5.96. The van der Waals surface area contributed by atoms with E-state index in [9.17, 15) is 36.3 Å². The number of benzene rings is 1. The van der Waals surface area contributed by atoms with E-state index in [-0.39, 0.29) is 45.6 Å². The number of amides is 2. The predicted octanol–water partition coefficient (Wildman–Crippen LogP) is 5.27. The number of ether oxygens (including phenoxy) is 1. The van der Waals surface area contributed by atoms with Crippen LogP contribution in [0.15, 0.2) is 36.5 Å². The third kappa shape index (κ3) is 8.01. The first kappa shape index (κ1) is 35.3. The molecule has 1 aliphatic carbocycles. The number of anilines is 1. The molecule has 4 aromatic rings. The van der Waals surface area contributed by atoms with Crippen molar-refractivity contribution in [1.82, 2.24) is 40.3 Å². The lowest BCUT2D eigenvalue weighted by Gasteiger charge is -2.23. The molecule has 2 N–H and O–H groups in total. The van der Waals surface area contributed by atoms with E-state index >= 15 is 0 Å². The van der Waals surface area contributed by atoms with Crippen LogP contribution < -0.4 is 10.6 Å². The lowest BCUT2D eigenvalue weighted by Crippen LogP contribution is -2.41. The standard InChI is InChI=1S/C30H29ClF5N9O4/c1-15-10-17(26(48)49-14-16-7-8-16)11-19(24(46)39-28(2,3)4)22(15)38-25(47)21-12-18(41-45(21)23-20(31)6-5-9-37-23)13-44-42-27(40-43-44)29(32,33)30(34,35)36/h5-6,9-12,16H,7-8,13-14H2,1-4H3,(H,38,47)(H,39,46). The molecule has 19 heteroatoms. The van der Waals surface area contributed by atoms with Gasteiger partial charge in [-0.3, -0.25) is 9.59 Å². The number of aryl methyl sites for hydroxylation is 1. The molecule has 1 aromatic carbocycles. The highest BCUT2D eigenvalue weighted by atomic mass is 35.5. The van der Waals surface area contributed by atoms with Gasteiger partial charge in [0, 0.05) is 11.7 Å². The predicted molar refractivity (Wildman–Crippen MR) is 163 cm³/mol. The summed E-state index contributed by atoms with van der Waals surface area (Å²) in [6, 6.07) is 6.92. The highest BCUT2D eigenvalue weighted by molar-refractivity contribution is 6.32. The zero-order chi connectivity index (χ0) is 35.9. The van der Waals surface area contributed by atoms with Gasteiger partial charge in [0.1, 0.15) is 12.2 Å². The van der Waals surface area contributed by atoms with E-state index in [4.69, 9.17) is 16.3 Å². The van der Waals surface area contributed by atoms with Gasteiger partial charge in [-0.15, -0.1) is 10.2 Å². The van der Waals surface area contributed by atoms with Crippen LogP contribution in [0.25, 0.3) is 5.82 Å². The number of esters is 1. The summed E-state index contributed by atoms with van der Waals surface area (Å²) in [7, 11) is 0. The lowest BCUT2D eigenvalue weighted by molar-refractivity contribution is -0.292. The van der Waals surface area contributed by atoms with Crippen molar-refractivity contribution in [2.45, 2.75) is 64.7 Å². The van der Waals surface area contributed by atoms with Crippen LogP contribution in [0.5, 0.6) is 0 Å². The molecule has 1 fully saturated rings. The number of rotatable bonds is 10. The summed E-state index contributed by atoms with van der Waals surface area (Å²) in [5.74, 6) is -9.06. The van der Waals surface area contributed by atoms with Crippen LogP contribution in [-0.4, -0.2) is 71.1 Å². The smallest absolute Gasteiger partial charge is 0.461 e. The van der Waals surface area contributed by atoms with Crippen molar-refractivity contribution in [3.8, 4) is 5.82 Å². The van der Waals surface area contributed by atoms with Crippen LogP contribution in [0.3, 0.4) is 0 Å². The summed E-state index contributed by atoms with van der Waals surface area (Å²) in [6.07, 6.45) is -2.68. The molecule has 0 spiro atoms. The monoisotopic (exact) mass is 709 g/mol. The maximum absolute atomic E-state index is 13.9. The Labute approximate surface area is 280 Å². The molecule has 260 valence electrons. The van der Waals surface area contributed by atoms with E-state index in [1.54, 1.807) is 27.7 Å². The molecule has 1 aliphatic rings. The molecule has 0 saturated heterocycles. The number of carbonyl (C=O) groups excluding carboxylic acids is 3. The largest absolute Gasteiger partial charge is 0.462 e. The normalized spacial score (nSPS) is 13.7. The first-order valence-corrected chi connectivity index (χ1v) is 15.1. The van der Waals surface area contributed by atoms with E-state index in [0.29, 0.717) is 16.3 Å². The van der Waals surface area contributed by atoms with Gasteiger partial charge in [-0.05, 0) is 87.6 Å². The molecule has 0 atom stereocenters. The van der Waals surface area contributed by atoms with Crippen molar-refractivity contribution in [2.75, 3.05) is 11.9 Å². The van der Waals surface area contributed by atoms with Crippen molar-refractivity contribution in [3.63, 3.8) is 0 Å². The Hall–Kier alpha value is -5.00. The second kappa shape index (κ2) is 13.1. The van der Waals surface area contributed by atoms with Gasteiger partial charge >= 0.3 is 18.1 Å². The molecular formula is C30H29ClF5N9O4. The van der Waals surface area contributed by atoms with Crippen molar-refractivity contribution < 1.29 is 41.1 Å². The van der Waals surface area contributed by atoms with Crippen molar-refractivity contribution in [1.29, 1.82) is 0 Å². The van der Waals surface area contributed by atoms with Gasteiger partial charge in [-0.25, -0.2) is 14.5 Å². The average molecular weight is 710 g/mol. The number of tetrazole rings is 1. The van der Waals surface area contributed by atoms with Gasteiger partial charge in [0.05, 0.1) is 34.1 Å². The number of halogens is 6. The fourth-order valence-corrected chi connectivity index (χ4v) is 4.67. The van der Waals surface area contributed by atoms with Crippen LogP contribution in [0.2, 0.25) is 5.02 Å². The maximum Gasteiger partial charge on any atom is 0.461 e. The van der Waals surface area contributed by atoms with Crippen molar-refractivity contribution >= 4 is 35.1 Å². The summed E-state index contributed by atoms with van der Waals surface area (Å²) in [4.78, 5) is 44.8. The van der Waals surface area contributed by atoms with E-state index < -0.39 is 47.8 Å². The molecule has 0 aliphatic heterocycles.